The van der Waals surface area contributed by atoms with Crippen molar-refractivity contribution < 1.29 is 8.42 Å². The van der Waals surface area contributed by atoms with Gasteiger partial charge in [-0.05, 0) is 36.5 Å². The van der Waals surface area contributed by atoms with Crippen LogP contribution in [0.2, 0.25) is 0 Å². The first kappa shape index (κ1) is 15.6. The molecule has 116 valence electrons. The Morgan fingerprint density at radius 2 is 2.00 bits per heavy atom. The highest BCUT2D eigenvalue weighted by Crippen LogP contribution is 2.24. The van der Waals surface area contributed by atoms with Crippen molar-refractivity contribution in [3.8, 4) is 0 Å². The number of sulfonamides is 1. The van der Waals surface area contributed by atoms with Crippen LogP contribution in [-0.2, 0) is 16.6 Å². The van der Waals surface area contributed by atoms with Gasteiger partial charge in [-0.2, -0.15) is 0 Å². The molecule has 0 saturated heterocycles. The van der Waals surface area contributed by atoms with Gasteiger partial charge in [0.15, 0.2) is 5.96 Å². The topological polar surface area (TPSA) is 96.6 Å². The maximum absolute atomic E-state index is 11.1. The van der Waals surface area contributed by atoms with Crippen molar-refractivity contribution in [1.29, 1.82) is 0 Å². The lowest BCUT2D eigenvalue weighted by molar-refractivity contribution is 0.315. The molecule has 0 spiro atoms. The van der Waals surface area contributed by atoms with E-state index in [1.54, 1.807) is 12.1 Å². The van der Waals surface area contributed by atoms with E-state index < -0.39 is 10.0 Å². The molecular weight excluding hydrogens is 288 g/mol. The summed E-state index contributed by atoms with van der Waals surface area (Å²) in [5.74, 6) is 1.19. The van der Waals surface area contributed by atoms with Gasteiger partial charge in [-0.25, -0.2) is 13.4 Å². The zero-order valence-corrected chi connectivity index (χ0v) is 13.0. The molecule has 1 aromatic carbocycles. The zero-order chi connectivity index (χ0) is 15.3. The molecule has 4 N–H and O–H groups in total. The number of hydrogen-bond donors (Lipinski definition) is 3. The number of aliphatic imine (C=N–C) groups is 1. The molecule has 0 bridgehead atoms. The highest BCUT2D eigenvalue weighted by molar-refractivity contribution is 7.92. The molecule has 2 rings (SSSR count). The number of nitrogens with zero attached hydrogens (tertiary/aromatic N) is 1. The molecule has 0 heterocycles. The zero-order valence-electron chi connectivity index (χ0n) is 12.2. The van der Waals surface area contributed by atoms with E-state index >= 15 is 0 Å². The first-order valence-electron chi connectivity index (χ1n) is 7.03. The lowest BCUT2D eigenvalue weighted by Gasteiger charge is -2.25. The molecule has 21 heavy (non-hydrogen) atoms. The summed E-state index contributed by atoms with van der Waals surface area (Å²) in [5.41, 5.74) is 7.33. The van der Waals surface area contributed by atoms with Crippen LogP contribution in [0.3, 0.4) is 0 Å². The van der Waals surface area contributed by atoms with Gasteiger partial charge in [0, 0.05) is 12.2 Å². The highest BCUT2D eigenvalue weighted by atomic mass is 32.2. The summed E-state index contributed by atoms with van der Waals surface area (Å²) in [4.78, 5) is 4.27. The van der Waals surface area contributed by atoms with Crippen LogP contribution in [0.15, 0.2) is 29.3 Å². The molecule has 1 aliphatic carbocycles. The summed E-state index contributed by atoms with van der Waals surface area (Å²) in [6.07, 6.45) is 4.99. The van der Waals surface area contributed by atoms with Crippen molar-refractivity contribution in [2.75, 3.05) is 17.5 Å². The lowest BCUT2D eigenvalue weighted by atomic mass is 9.85. The van der Waals surface area contributed by atoms with Crippen molar-refractivity contribution in [3.63, 3.8) is 0 Å². The first-order valence-corrected chi connectivity index (χ1v) is 8.92. The Balaban J connectivity index is 1.81. The molecule has 0 atom stereocenters. The van der Waals surface area contributed by atoms with Gasteiger partial charge in [0.05, 0.1) is 12.8 Å². The smallest absolute Gasteiger partial charge is 0.229 e. The molecular formula is C14H22N4O2S. The van der Waals surface area contributed by atoms with E-state index in [2.05, 4.69) is 15.0 Å². The summed E-state index contributed by atoms with van der Waals surface area (Å²) in [6, 6.07) is 7.08. The number of nitrogens with one attached hydrogen (secondary N) is 2. The summed E-state index contributed by atoms with van der Waals surface area (Å²) in [7, 11) is -3.24. The Morgan fingerprint density at radius 3 is 2.52 bits per heavy atom. The van der Waals surface area contributed by atoms with E-state index in [0.29, 0.717) is 18.2 Å². The van der Waals surface area contributed by atoms with Crippen LogP contribution < -0.4 is 15.8 Å². The third-order valence-electron chi connectivity index (χ3n) is 3.49. The van der Waals surface area contributed by atoms with Crippen LogP contribution in [0.25, 0.3) is 0 Å². The molecule has 0 aliphatic heterocycles. The van der Waals surface area contributed by atoms with Gasteiger partial charge in [-0.15, -0.1) is 0 Å². The molecule has 6 nitrogen and oxygen atoms in total. The van der Waals surface area contributed by atoms with Gasteiger partial charge in [0.25, 0.3) is 0 Å². The van der Waals surface area contributed by atoms with Crippen LogP contribution in [0.1, 0.15) is 24.8 Å². The fourth-order valence-corrected chi connectivity index (χ4v) is 2.63. The normalized spacial score (nSPS) is 16.3. The molecule has 7 heteroatoms. The average Bonchev–Trinajstić information content (AvgIpc) is 2.34. The standard InChI is InChI=1S/C14H22N4O2S/c1-21(19,20)18-13-7-5-12(6-8-13)10-17-14(15)16-9-11-3-2-4-11/h5-8,11,18H,2-4,9-10H2,1H3,(H3,15,16,17). The summed E-state index contributed by atoms with van der Waals surface area (Å²) in [6.45, 7) is 1.37. The third kappa shape index (κ3) is 5.63. The Morgan fingerprint density at radius 1 is 1.33 bits per heavy atom. The lowest BCUT2D eigenvalue weighted by Crippen LogP contribution is -2.37. The van der Waals surface area contributed by atoms with Crippen LogP contribution in [0, 0.1) is 5.92 Å². The Labute approximate surface area is 125 Å². The van der Waals surface area contributed by atoms with Crippen LogP contribution in [0.5, 0.6) is 0 Å². The minimum atomic E-state index is -3.24. The summed E-state index contributed by atoms with van der Waals surface area (Å²) in [5, 5.41) is 3.13. The number of anilines is 1. The van der Waals surface area contributed by atoms with E-state index in [0.717, 1.165) is 24.3 Å². The SMILES string of the molecule is CS(=O)(=O)Nc1ccc(CN=C(N)NCC2CCC2)cc1. The van der Waals surface area contributed by atoms with Gasteiger partial charge in [-0.1, -0.05) is 18.6 Å². The van der Waals surface area contributed by atoms with Gasteiger partial charge in [-0.3, -0.25) is 4.72 Å². The number of rotatable bonds is 6. The third-order valence-corrected chi connectivity index (χ3v) is 4.09. The Kier molecular flexibility index (Phi) is 5.06. The second-order valence-corrected chi connectivity index (χ2v) is 7.20. The predicted octanol–water partition coefficient (Wildman–Crippen LogP) is 1.26. The maximum Gasteiger partial charge on any atom is 0.229 e. The number of hydrogen-bond acceptors (Lipinski definition) is 3. The van der Waals surface area contributed by atoms with E-state index in [9.17, 15) is 8.42 Å². The molecule has 1 fully saturated rings. The largest absolute Gasteiger partial charge is 0.370 e. The van der Waals surface area contributed by atoms with Crippen molar-refractivity contribution in [2.24, 2.45) is 16.6 Å². The van der Waals surface area contributed by atoms with E-state index in [4.69, 9.17) is 5.73 Å². The van der Waals surface area contributed by atoms with Gasteiger partial charge in [0.1, 0.15) is 0 Å². The molecule has 0 unspecified atom stereocenters. The number of nitrogens with two attached hydrogens (primary N) is 1. The summed E-state index contributed by atoms with van der Waals surface area (Å²) >= 11 is 0. The van der Waals surface area contributed by atoms with Crippen molar-refractivity contribution in [3.05, 3.63) is 29.8 Å². The fourth-order valence-electron chi connectivity index (χ4n) is 2.07. The minimum absolute atomic E-state index is 0.459. The quantitative estimate of drug-likeness (QED) is 0.544. The molecule has 0 radical (unpaired) electrons. The van der Waals surface area contributed by atoms with Crippen LogP contribution in [0.4, 0.5) is 5.69 Å². The van der Waals surface area contributed by atoms with Crippen molar-refractivity contribution in [2.45, 2.75) is 25.8 Å². The second-order valence-electron chi connectivity index (χ2n) is 5.45. The van der Waals surface area contributed by atoms with Gasteiger partial charge < -0.3 is 11.1 Å². The van der Waals surface area contributed by atoms with Gasteiger partial charge in [0.2, 0.25) is 10.0 Å². The first-order chi connectivity index (χ1) is 9.92. The molecule has 1 aliphatic rings. The second kappa shape index (κ2) is 6.80. The fraction of sp³-hybridized carbons (Fsp3) is 0.500. The molecule has 0 amide bonds. The monoisotopic (exact) mass is 310 g/mol. The van der Waals surface area contributed by atoms with Crippen molar-refractivity contribution in [1.82, 2.24) is 5.32 Å². The van der Waals surface area contributed by atoms with Crippen LogP contribution >= 0.6 is 0 Å². The Bertz CT molecular complexity index is 592. The molecule has 0 aromatic heterocycles. The average molecular weight is 310 g/mol. The number of guanidine groups is 1. The van der Waals surface area contributed by atoms with Crippen molar-refractivity contribution >= 4 is 21.7 Å². The molecule has 1 aromatic rings. The predicted molar refractivity (Wildman–Crippen MR) is 85.6 cm³/mol. The minimum Gasteiger partial charge on any atom is -0.370 e. The number of benzene rings is 1. The van der Waals surface area contributed by atoms with Crippen LogP contribution in [-0.4, -0.2) is 27.2 Å². The van der Waals surface area contributed by atoms with E-state index in [1.807, 2.05) is 12.1 Å². The van der Waals surface area contributed by atoms with Gasteiger partial charge >= 0.3 is 0 Å². The van der Waals surface area contributed by atoms with E-state index in [-0.39, 0.29) is 0 Å². The maximum atomic E-state index is 11.1. The molecule has 1 saturated carbocycles. The highest BCUT2D eigenvalue weighted by Gasteiger charge is 2.16. The van der Waals surface area contributed by atoms with E-state index in [1.165, 1.54) is 19.3 Å². The summed E-state index contributed by atoms with van der Waals surface area (Å²) < 4.78 is 24.6. The Hall–Kier alpha value is -1.76.